The molecule has 0 aliphatic heterocycles. The van der Waals surface area contributed by atoms with E-state index in [1.807, 2.05) is 19.2 Å². The molecule has 1 aromatic heterocycles. The Hall–Kier alpha value is -1.59. The van der Waals surface area contributed by atoms with E-state index in [1.54, 1.807) is 32.9 Å². The third-order valence-electron chi connectivity index (χ3n) is 8.14. The molecule has 15 heteroatoms. The maximum absolute atomic E-state index is 12.8. The van der Waals surface area contributed by atoms with Gasteiger partial charge in [-0.25, -0.2) is 19.4 Å². The first-order valence-electron chi connectivity index (χ1n) is 17.9. The summed E-state index contributed by atoms with van der Waals surface area (Å²) in [6, 6.07) is -1.02. The molecule has 0 saturated heterocycles. The SMILES string of the molecule is C/C(Br)=C\[C@H](Cc1nc(CCC[C@@H](NC(=O)OC(C)(C)C)C(=O)OCC(Cl)(Cl)Cl)cs1)OC(=O)C#C/C=C(\C)C[C@H](C)O[Si](C(C)C)(C(C)C)C(C)C. The number of amides is 1. The number of hydrogen-bond donors (Lipinski definition) is 1. The van der Waals surface area contributed by atoms with E-state index in [1.165, 1.54) is 11.3 Å². The zero-order chi connectivity index (χ0) is 40.7. The lowest BCUT2D eigenvalue weighted by molar-refractivity contribution is -0.146. The summed E-state index contributed by atoms with van der Waals surface area (Å²) in [5.74, 6) is 4.07. The van der Waals surface area contributed by atoms with Gasteiger partial charge in [-0.1, -0.05) is 104 Å². The van der Waals surface area contributed by atoms with Gasteiger partial charge in [0.1, 0.15) is 24.4 Å². The van der Waals surface area contributed by atoms with Gasteiger partial charge in [0.25, 0.3) is 0 Å². The maximum atomic E-state index is 12.8. The number of alkyl carbamates (subject to hydrolysis) is 1. The van der Waals surface area contributed by atoms with Gasteiger partial charge in [0.15, 0.2) is 0 Å². The van der Waals surface area contributed by atoms with Crippen molar-refractivity contribution in [2.75, 3.05) is 6.61 Å². The monoisotopic (exact) mass is 898 g/mol. The van der Waals surface area contributed by atoms with Crippen LogP contribution in [0.25, 0.3) is 0 Å². The van der Waals surface area contributed by atoms with E-state index in [0.29, 0.717) is 35.9 Å². The molecule has 3 atom stereocenters. The number of carbonyl (C=O) groups excluding carboxylic acids is 3. The average molecular weight is 901 g/mol. The topological polar surface area (TPSA) is 113 Å². The van der Waals surface area contributed by atoms with E-state index in [2.05, 4.69) is 81.6 Å². The molecule has 1 amide bonds. The fourth-order valence-corrected chi connectivity index (χ4v) is 13.2. The summed E-state index contributed by atoms with van der Waals surface area (Å²) >= 11 is 22.1. The van der Waals surface area contributed by atoms with Gasteiger partial charge in [-0.05, 0) is 100 Å². The number of alkyl halides is 3. The van der Waals surface area contributed by atoms with Crippen molar-refractivity contribution in [3.8, 4) is 11.8 Å². The molecule has 0 fully saturated rings. The molecule has 1 aromatic rings. The van der Waals surface area contributed by atoms with Crippen molar-refractivity contribution in [3.05, 3.63) is 38.3 Å². The molecule has 0 spiro atoms. The van der Waals surface area contributed by atoms with Crippen LogP contribution in [-0.4, -0.2) is 65.6 Å². The number of rotatable bonds is 18. The number of hydrogen-bond acceptors (Lipinski definition) is 9. The third kappa shape index (κ3) is 19.7. The number of ether oxygens (including phenoxy) is 3. The lowest BCUT2D eigenvalue weighted by atomic mass is 10.1. The summed E-state index contributed by atoms with van der Waals surface area (Å²) in [5, 5.41) is 5.22. The van der Waals surface area contributed by atoms with Crippen LogP contribution in [0.5, 0.6) is 0 Å². The van der Waals surface area contributed by atoms with E-state index < -0.39 is 54.5 Å². The highest BCUT2D eigenvalue weighted by molar-refractivity contribution is 9.11. The Balaban J connectivity index is 2.88. The number of halogens is 4. The van der Waals surface area contributed by atoms with Crippen LogP contribution in [0, 0.1) is 11.8 Å². The van der Waals surface area contributed by atoms with Crippen molar-refractivity contribution in [1.29, 1.82) is 0 Å². The molecule has 0 aliphatic carbocycles. The van der Waals surface area contributed by atoms with E-state index in [-0.39, 0.29) is 12.5 Å². The second kappa shape index (κ2) is 22.8. The minimum Gasteiger partial charge on any atom is -0.460 e. The number of thiazole rings is 1. The van der Waals surface area contributed by atoms with Crippen LogP contribution in [0.1, 0.15) is 113 Å². The Labute approximate surface area is 345 Å². The molecule has 0 bridgehead atoms. The lowest BCUT2D eigenvalue weighted by Gasteiger charge is -2.44. The highest BCUT2D eigenvalue weighted by atomic mass is 79.9. The predicted molar refractivity (Wildman–Crippen MR) is 223 cm³/mol. The van der Waals surface area contributed by atoms with Crippen molar-refractivity contribution in [1.82, 2.24) is 10.3 Å². The first-order valence-corrected chi connectivity index (χ1v) is 22.8. The zero-order valence-electron chi connectivity index (χ0n) is 33.2. The summed E-state index contributed by atoms with van der Waals surface area (Å²) in [6.45, 7) is 24.3. The van der Waals surface area contributed by atoms with Crippen LogP contribution in [0.3, 0.4) is 0 Å². The van der Waals surface area contributed by atoms with Crippen LogP contribution in [0.15, 0.2) is 27.6 Å². The molecule has 300 valence electrons. The summed E-state index contributed by atoms with van der Waals surface area (Å²) in [7, 11) is -2.00. The molecule has 1 heterocycles. The Morgan fingerprint density at radius 2 is 1.64 bits per heavy atom. The highest BCUT2D eigenvalue weighted by Crippen LogP contribution is 2.43. The minimum atomic E-state index is -2.00. The molecule has 1 rings (SSSR count). The molecule has 0 aromatic carbocycles. The molecular weight excluding hydrogens is 843 g/mol. The Bertz CT molecular complexity index is 1450. The standard InChI is InChI=1S/C38H58BrCl3N2O7SSi/c1-24(2)53(25(3)4,26(5)6)51-29(9)19-27(7)15-13-18-34(45)49-31(20-28(8)39)21-33-43-30(22-52-33)16-14-17-32(35(46)48-23-38(40,41)42)44-36(47)50-37(10,11)12/h15,20,22,24-26,29,31-32H,14,16-17,19,21,23H2,1-12H3,(H,44,47)/b27-15+,28-20+/t29-,31+,32+/m0/s1. The third-order valence-corrected chi connectivity index (χ3v) is 15.9. The van der Waals surface area contributed by atoms with Gasteiger partial charge in [-0.2, -0.15) is 0 Å². The Morgan fingerprint density at radius 1 is 1.04 bits per heavy atom. The quantitative estimate of drug-likeness (QED) is 0.0387. The van der Waals surface area contributed by atoms with Gasteiger partial charge < -0.3 is 24.0 Å². The second-order valence-corrected chi connectivity index (χ2v) is 25.3. The first-order chi connectivity index (χ1) is 24.3. The number of carbonyl (C=O) groups is 3. The number of allylic oxidation sites excluding steroid dienone is 2. The van der Waals surface area contributed by atoms with Crippen molar-refractivity contribution in [3.63, 3.8) is 0 Å². The van der Waals surface area contributed by atoms with Crippen LogP contribution in [0.4, 0.5) is 4.79 Å². The molecule has 53 heavy (non-hydrogen) atoms. The zero-order valence-corrected chi connectivity index (χ0v) is 38.8. The predicted octanol–water partition coefficient (Wildman–Crippen LogP) is 10.9. The second-order valence-electron chi connectivity index (χ2n) is 15.2. The van der Waals surface area contributed by atoms with Gasteiger partial charge in [-0.3, -0.25) is 0 Å². The van der Waals surface area contributed by atoms with E-state index >= 15 is 0 Å². The van der Waals surface area contributed by atoms with Crippen LogP contribution in [-0.2, 0) is 41.1 Å². The molecule has 9 nitrogen and oxygen atoms in total. The Kier molecular flexibility index (Phi) is 21.3. The molecule has 0 radical (unpaired) electrons. The summed E-state index contributed by atoms with van der Waals surface area (Å²) < 4.78 is 22.0. The minimum absolute atomic E-state index is 0.0459. The lowest BCUT2D eigenvalue weighted by Crippen LogP contribution is -2.49. The van der Waals surface area contributed by atoms with Crippen LogP contribution < -0.4 is 5.32 Å². The van der Waals surface area contributed by atoms with Crippen molar-refractivity contribution < 1.29 is 33.0 Å². The molecular formula is C38H58BrCl3N2O7SSi. The number of nitrogens with zero attached hydrogens (tertiary/aromatic N) is 1. The molecule has 0 saturated carbocycles. The largest absolute Gasteiger partial charge is 0.460 e. The smallest absolute Gasteiger partial charge is 0.408 e. The van der Waals surface area contributed by atoms with Gasteiger partial charge in [0, 0.05) is 23.8 Å². The summed E-state index contributed by atoms with van der Waals surface area (Å²) in [5.41, 5.74) is 2.55. The Morgan fingerprint density at radius 3 is 2.17 bits per heavy atom. The average Bonchev–Trinajstić information content (AvgIpc) is 3.42. The van der Waals surface area contributed by atoms with Gasteiger partial charge in [0.2, 0.25) is 12.1 Å². The van der Waals surface area contributed by atoms with Crippen LogP contribution >= 0.6 is 62.1 Å². The summed E-state index contributed by atoms with van der Waals surface area (Å²) in [4.78, 5) is 42.6. The normalized spacial score (nSPS) is 14.8. The number of nitrogens with one attached hydrogen (secondary N) is 1. The van der Waals surface area contributed by atoms with E-state index in [0.717, 1.165) is 27.2 Å². The van der Waals surface area contributed by atoms with E-state index in [4.69, 9.17) is 58.4 Å². The fraction of sp³-hybridized carbons (Fsp3) is 0.684. The van der Waals surface area contributed by atoms with Crippen molar-refractivity contribution in [2.45, 2.75) is 159 Å². The number of aromatic nitrogens is 1. The number of esters is 2. The van der Waals surface area contributed by atoms with Crippen molar-refractivity contribution in [2.24, 2.45) is 0 Å². The summed E-state index contributed by atoms with van der Waals surface area (Å²) in [6.07, 6.45) is 4.54. The molecule has 0 unspecified atom stereocenters. The molecule has 1 N–H and O–H groups in total. The van der Waals surface area contributed by atoms with Crippen molar-refractivity contribution >= 4 is 88.4 Å². The highest BCUT2D eigenvalue weighted by Gasteiger charge is 2.46. The molecule has 0 aliphatic rings. The van der Waals surface area contributed by atoms with Crippen LogP contribution in [0.2, 0.25) is 16.6 Å². The van der Waals surface area contributed by atoms with E-state index in [9.17, 15) is 14.4 Å². The van der Waals surface area contributed by atoms with Gasteiger partial charge in [-0.15, -0.1) is 11.3 Å². The maximum Gasteiger partial charge on any atom is 0.408 e. The van der Waals surface area contributed by atoms with Gasteiger partial charge >= 0.3 is 18.0 Å². The first kappa shape index (κ1) is 49.4. The fourth-order valence-electron chi connectivity index (χ4n) is 6.26. The number of aryl methyl sites for hydroxylation is 1. The van der Waals surface area contributed by atoms with Gasteiger partial charge in [0.05, 0.1) is 10.7 Å².